The van der Waals surface area contributed by atoms with Gasteiger partial charge in [0.05, 0.1) is 16.7 Å². The van der Waals surface area contributed by atoms with Gasteiger partial charge < -0.3 is 25.0 Å². The van der Waals surface area contributed by atoms with Crippen molar-refractivity contribution in [2.45, 2.75) is 37.9 Å². The third kappa shape index (κ3) is 3.07. The van der Waals surface area contributed by atoms with E-state index in [0.29, 0.717) is 6.07 Å². The van der Waals surface area contributed by atoms with Crippen LogP contribution in [0, 0.1) is 5.92 Å². The van der Waals surface area contributed by atoms with Crippen LogP contribution < -0.4 is 10.1 Å². The molecule has 10 heteroatoms. The van der Waals surface area contributed by atoms with Gasteiger partial charge in [-0.1, -0.05) is 0 Å². The number of hydrogen-bond donors (Lipinski definition) is 3. The summed E-state index contributed by atoms with van der Waals surface area (Å²) in [5.74, 6) is -10.8. The first-order valence-corrected chi connectivity index (χ1v) is 8.44. The second-order valence-corrected chi connectivity index (χ2v) is 7.86. The predicted molar refractivity (Wildman–Crippen MR) is 89.8 cm³/mol. The molecule has 1 fully saturated rings. The number of rotatable bonds is 3. The molecule has 1 aromatic carbocycles. The molecule has 0 saturated carbocycles. The highest BCUT2D eigenvalue weighted by atomic mass is 19.3. The molecule has 1 atom stereocenters. The minimum atomic E-state index is -3.83. The number of halogens is 2. The predicted octanol–water partition coefficient (Wildman–Crippen LogP) is 1.87. The molecule has 0 amide bonds. The molecular weight excluding hydrogens is 380 g/mol. The Labute approximate surface area is 158 Å². The molecule has 152 valence electrons. The normalized spacial score (nSPS) is 21.8. The van der Waals surface area contributed by atoms with Gasteiger partial charge in [0.25, 0.3) is 5.92 Å². The summed E-state index contributed by atoms with van der Waals surface area (Å²) in [4.78, 5) is 35.3. The van der Waals surface area contributed by atoms with Gasteiger partial charge in [0.1, 0.15) is 11.4 Å². The zero-order valence-electron chi connectivity index (χ0n) is 15.3. The van der Waals surface area contributed by atoms with Crippen molar-refractivity contribution < 1.29 is 42.9 Å². The van der Waals surface area contributed by atoms with E-state index in [4.69, 9.17) is 9.47 Å². The molecule has 2 aliphatic rings. The van der Waals surface area contributed by atoms with Crippen LogP contribution >= 0.6 is 0 Å². The maximum Gasteiger partial charge on any atom is 0.336 e. The van der Waals surface area contributed by atoms with E-state index in [-0.39, 0.29) is 13.1 Å². The summed E-state index contributed by atoms with van der Waals surface area (Å²) < 4.78 is 41.7. The molecular formula is C18H19F2NO7. The minimum absolute atomic E-state index is 0.0744. The largest absolute Gasteiger partial charge is 0.483 e. The van der Waals surface area contributed by atoms with Crippen LogP contribution in [0.5, 0.6) is 5.75 Å². The van der Waals surface area contributed by atoms with Crippen LogP contribution in [-0.2, 0) is 15.5 Å². The summed E-state index contributed by atoms with van der Waals surface area (Å²) >= 11 is 0. The number of carboxylic acid groups (broad SMARTS) is 2. The first-order valence-electron chi connectivity index (χ1n) is 8.44. The lowest BCUT2D eigenvalue weighted by atomic mass is 9.73. The summed E-state index contributed by atoms with van der Waals surface area (Å²) in [6.07, 6.45) is 0. The van der Waals surface area contributed by atoms with Crippen molar-refractivity contribution in [2.24, 2.45) is 5.92 Å². The topological polar surface area (TPSA) is 122 Å². The number of esters is 1. The molecule has 1 unspecified atom stereocenters. The zero-order chi connectivity index (χ0) is 21.1. The number of benzene rings is 1. The second kappa shape index (κ2) is 6.13. The van der Waals surface area contributed by atoms with Crippen LogP contribution in [0.4, 0.5) is 8.78 Å². The minimum Gasteiger partial charge on any atom is -0.483 e. The SMILES string of the molecule is CC(C)(C)OC(=O)C1C2(CNC2)Oc2cc(C(=O)O)c(C(=O)O)cc2C1(F)F. The van der Waals surface area contributed by atoms with Crippen molar-refractivity contribution in [3.63, 3.8) is 0 Å². The van der Waals surface area contributed by atoms with Gasteiger partial charge in [0, 0.05) is 13.1 Å². The number of carbonyl (C=O) groups is 3. The van der Waals surface area contributed by atoms with Gasteiger partial charge in [0.2, 0.25) is 0 Å². The van der Waals surface area contributed by atoms with Crippen molar-refractivity contribution in [3.05, 3.63) is 28.8 Å². The van der Waals surface area contributed by atoms with E-state index in [0.717, 1.165) is 6.07 Å². The fourth-order valence-electron chi connectivity index (χ4n) is 3.41. The van der Waals surface area contributed by atoms with Crippen molar-refractivity contribution in [1.82, 2.24) is 5.32 Å². The summed E-state index contributed by atoms with van der Waals surface area (Å²) in [6.45, 7) is 4.46. The number of nitrogens with one attached hydrogen (secondary N) is 1. The van der Waals surface area contributed by atoms with E-state index >= 15 is 8.78 Å². The summed E-state index contributed by atoms with van der Waals surface area (Å²) in [7, 11) is 0. The molecule has 3 N–H and O–H groups in total. The van der Waals surface area contributed by atoms with Gasteiger partial charge in [-0.15, -0.1) is 0 Å². The van der Waals surface area contributed by atoms with Crippen LogP contribution in [0.3, 0.4) is 0 Å². The highest BCUT2D eigenvalue weighted by Crippen LogP contribution is 2.53. The molecule has 0 aromatic heterocycles. The lowest BCUT2D eigenvalue weighted by Crippen LogP contribution is -2.73. The summed E-state index contributed by atoms with van der Waals surface area (Å²) in [6, 6.07) is 1.32. The molecule has 2 aliphatic heterocycles. The maximum atomic E-state index is 15.4. The first kappa shape index (κ1) is 20.0. The van der Waals surface area contributed by atoms with E-state index in [1.165, 1.54) is 20.8 Å². The smallest absolute Gasteiger partial charge is 0.336 e. The fraction of sp³-hybridized carbons (Fsp3) is 0.500. The van der Waals surface area contributed by atoms with Gasteiger partial charge in [-0.3, -0.25) is 4.79 Å². The molecule has 1 aromatic rings. The van der Waals surface area contributed by atoms with Crippen molar-refractivity contribution in [3.8, 4) is 5.75 Å². The van der Waals surface area contributed by atoms with Gasteiger partial charge in [-0.05, 0) is 32.9 Å². The first-order chi connectivity index (χ1) is 12.8. The third-order valence-corrected chi connectivity index (χ3v) is 4.63. The zero-order valence-corrected chi connectivity index (χ0v) is 15.3. The number of alkyl halides is 2. The Hall–Kier alpha value is -2.75. The Morgan fingerprint density at radius 2 is 1.68 bits per heavy atom. The fourth-order valence-corrected chi connectivity index (χ4v) is 3.41. The molecule has 2 heterocycles. The van der Waals surface area contributed by atoms with E-state index < -0.39 is 63.4 Å². The Balaban J connectivity index is 2.18. The third-order valence-electron chi connectivity index (χ3n) is 4.63. The summed E-state index contributed by atoms with van der Waals surface area (Å²) in [5, 5.41) is 21.2. The number of hydrogen-bond acceptors (Lipinski definition) is 6. The van der Waals surface area contributed by atoms with Crippen LogP contribution in [-0.4, -0.2) is 52.4 Å². The lowest BCUT2D eigenvalue weighted by molar-refractivity contribution is -0.214. The average Bonchev–Trinajstić information content (AvgIpc) is 2.49. The van der Waals surface area contributed by atoms with E-state index in [2.05, 4.69) is 5.32 Å². The number of aromatic carboxylic acids is 2. The van der Waals surface area contributed by atoms with Crippen molar-refractivity contribution in [1.29, 1.82) is 0 Å². The van der Waals surface area contributed by atoms with Crippen LogP contribution in [0.15, 0.2) is 12.1 Å². The second-order valence-electron chi connectivity index (χ2n) is 7.86. The molecule has 28 heavy (non-hydrogen) atoms. The molecule has 0 bridgehead atoms. The average molecular weight is 399 g/mol. The van der Waals surface area contributed by atoms with E-state index in [9.17, 15) is 24.6 Å². The maximum absolute atomic E-state index is 15.4. The number of carboxylic acids is 2. The van der Waals surface area contributed by atoms with Gasteiger partial charge >= 0.3 is 17.9 Å². The highest BCUT2D eigenvalue weighted by Gasteiger charge is 2.67. The Kier molecular flexibility index (Phi) is 4.38. The van der Waals surface area contributed by atoms with Crippen molar-refractivity contribution in [2.75, 3.05) is 13.1 Å². The Bertz CT molecular complexity index is 871. The van der Waals surface area contributed by atoms with Crippen LogP contribution in [0.1, 0.15) is 47.1 Å². The van der Waals surface area contributed by atoms with Crippen LogP contribution in [0.2, 0.25) is 0 Å². The standard InChI is InChI=1S/C18H19F2NO7/c1-16(2,3)28-15(26)12-17(6-21-7-17)27-11-5-9(14(24)25)8(13(22)23)4-10(11)18(12,19)20/h4-5,12,21H,6-7H2,1-3H3,(H,22,23)(H,24,25). The Morgan fingerprint density at radius 3 is 2.11 bits per heavy atom. The monoisotopic (exact) mass is 399 g/mol. The van der Waals surface area contributed by atoms with E-state index in [1.54, 1.807) is 0 Å². The van der Waals surface area contributed by atoms with Gasteiger partial charge in [0.15, 0.2) is 11.5 Å². The van der Waals surface area contributed by atoms with Crippen LogP contribution in [0.25, 0.3) is 0 Å². The Morgan fingerprint density at radius 1 is 1.14 bits per heavy atom. The number of ether oxygens (including phenoxy) is 2. The molecule has 3 rings (SSSR count). The van der Waals surface area contributed by atoms with Gasteiger partial charge in [-0.2, -0.15) is 0 Å². The molecule has 1 spiro atoms. The highest BCUT2D eigenvalue weighted by molar-refractivity contribution is 6.02. The van der Waals surface area contributed by atoms with Gasteiger partial charge in [-0.25, -0.2) is 18.4 Å². The molecule has 0 radical (unpaired) electrons. The molecule has 8 nitrogen and oxygen atoms in total. The number of fused-ring (bicyclic) bond motifs is 1. The van der Waals surface area contributed by atoms with Crippen molar-refractivity contribution >= 4 is 17.9 Å². The summed E-state index contributed by atoms with van der Waals surface area (Å²) in [5.41, 5.74) is -5.01. The lowest BCUT2D eigenvalue weighted by Gasteiger charge is -2.52. The number of carbonyl (C=O) groups excluding carboxylic acids is 1. The quantitative estimate of drug-likeness (QED) is 0.659. The molecule has 0 aliphatic carbocycles. The molecule has 1 saturated heterocycles. The van der Waals surface area contributed by atoms with E-state index in [1.807, 2.05) is 0 Å².